The maximum absolute atomic E-state index is 13.5. The predicted octanol–water partition coefficient (Wildman–Crippen LogP) is 3.12. The fourth-order valence-corrected chi connectivity index (χ4v) is 6.28. The summed E-state index contributed by atoms with van der Waals surface area (Å²) in [7, 11) is 0. The number of aliphatic hydroxyl groups is 2. The second-order valence-electron chi connectivity index (χ2n) is 9.27. The van der Waals surface area contributed by atoms with E-state index in [-0.39, 0.29) is 40.7 Å². The van der Waals surface area contributed by atoms with Crippen LogP contribution in [-0.2, 0) is 16.0 Å². The third-order valence-electron chi connectivity index (χ3n) is 7.60. The first kappa shape index (κ1) is 19.8. The van der Waals surface area contributed by atoms with Crippen LogP contribution in [0.5, 0.6) is 5.75 Å². The van der Waals surface area contributed by atoms with Crippen molar-refractivity contribution in [1.82, 2.24) is 0 Å². The monoisotopic (exact) mass is 423 g/mol. The zero-order valence-corrected chi connectivity index (χ0v) is 17.1. The maximum Gasteiger partial charge on any atom is 0.255 e. The summed E-state index contributed by atoms with van der Waals surface area (Å²) >= 11 is 0. The second-order valence-corrected chi connectivity index (χ2v) is 9.27. The predicted molar refractivity (Wildman–Crippen MR) is 111 cm³/mol. The lowest BCUT2D eigenvalue weighted by Gasteiger charge is -2.41. The summed E-state index contributed by atoms with van der Waals surface area (Å²) in [5.74, 6) is -4.48. The van der Waals surface area contributed by atoms with Crippen molar-refractivity contribution in [2.24, 2.45) is 23.5 Å². The van der Waals surface area contributed by atoms with Gasteiger partial charge in [-0.1, -0.05) is 18.9 Å². The first-order chi connectivity index (χ1) is 14.8. The van der Waals surface area contributed by atoms with Gasteiger partial charge >= 0.3 is 0 Å². The van der Waals surface area contributed by atoms with Crippen LogP contribution < -0.4 is 5.73 Å². The number of phenols is 1. The molecule has 7 heteroatoms. The van der Waals surface area contributed by atoms with Crippen molar-refractivity contribution in [1.29, 1.82) is 0 Å². The number of amides is 1. The van der Waals surface area contributed by atoms with Crippen molar-refractivity contribution in [2.75, 3.05) is 0 Å². The molecule has 5 rings (SSSR count). The summed E-state index contributed by atoms with van der Waals surface area (Å²) in [5.41, 5.74) is 7.06. The van der Waals surface area contributed by atoms with Crippen molar-refractivity contribution >= 4 is 17.5 Å². The van der Waals surface area contributed by atoms with Gasteiger partial charge in [0.15, 0.2) is 11.6 Å². The molecule has 0 aliphatic heterocycles. The number of aromatic hydroxyl groups is 1. The molecule has 1 aromatic carbocycles. The number of Topliss-reactive ketones (excluding diaryl/α,β-unsaturated/α-hetero) is 2. The van der Waals surface area contributed by atoms with Gasteiger partial charge in [0.2, 0.25) is 0 Å². The smallest absolute Gasteiger partial charge is 0.255 e. The highest BCUT2D eigenvalue weighted by molar-refractivity contribution is 6.22. The zero-order valence-electron chi connectivity index (χ0n) is 17.1. The van der Waals surface area contributed by atoms with Gasteiger partial charge in [-0.25, -0.2) is 0 Å². The number of ketones is 2. The molecule has 1 fully saturated rings. The number of rotatable bonds is 2. The number of hydrogen-bond acceptors (Lipinski definition) is 6. The summed E-state index contributed by atoms with van der Waals surface area (Å²) in [5, 5.41) is 31.8. The number of fused-ring (bicyclic) bond motifs is 3. The van der Waals surface area contributed by atoms with Gasteiger partial charge in [-0.05, 0) is 60.6 Å². The van der Waals surface area contributed by atoms with Crippen LogP contribution >= 0.6 is 0 Å². The lowest BCUT2D eigenvalue weighted by molar-refractivity contribution is -0.126. The molecule has 0 spiro atoms. The van der Waals surface area contributed by atoms with E-state index < -0.39 is 34.9 Å². The molecule has 0 radical (unpaired) electrons. The lowest BCUT2D eigenvalue weighted by Crippen LogP contribution is -2.43. The van der Waals surface area contributed by atoms with Crippen molar-refractivity contribution in [3.63, 3.8) is 0 Å². The number of carbonyl (C=O) groups excluding carboxylic acids is 3. The Bertz CT molecular complexity index is 1090. The second kappa shape index (κ2) is 6.97. The third kappa shape index (κ3) is 2.82. The van der Waals surface area contributed by atoms with E-state index >= 15 is 0 Å². The van der Waals surface area contributed by atoms with Gasteiger partial charge in [-0.2, -0.15) is 0 Å². The van der Waals surface area contributed by atoms with Gasteiger partial charge in [-0.15, -0.1) is 0 Å². The quantitative estimate of drug-likeness (QED) is 0.539. The number of nitrogens with two attached hydrogens (primary N) is 1. The minimum Gasteiger partial charge on any atom is -0.511 e. The van der Waals surface area contributed by atoms with E-state index in [2.05, 4.69) is 0 Å². The lowest BCUT2D eigenvalue weighted by atomic mass is 9.62. The molecule has 4 aliphatic rings. The molecule has 3 atom stereocenters. The van der Waals surface area contributed by atoms with Gasteiger partial charge in [0.1, 0.15) is 22.8 Å². The minimum atomic E-state index is -1.07. The summed E-state index contributed by atoms with van der Waals surface area (Å²) in [6, 6.07) is 3.46. The fourth-order valence-electron chi connectivity index (χ4n) is 6.28. The number of carbonyl (C=O) groups is 3. The summed E-state index contributed by atoms with van der Waals surface area (Å²) in [4.78, 5) is 38.0. The number of allylic oxidation sites excluding steroid dienone is 3. The molecule has 7 nitrogen and oxygen atoms in total. The molecular weight excluding hydrogens is 398 g/mol. The largest absolute Gasteiger partial charge is 0.511 e. The van der Waals surface area contributed by atoms with Gasteiger partial charge in [-0.3, -0.25) is 14.4 Å². The number of hydrogen-bond donors (Lipinski definition) is 4. The van der Waals surface area contributed by atoms with E-state index in [9.17, 15) is 29.7 Å². The van der Waals surface area contributed by atoms with Crippen LogP contribution in [0.25, 0.3) is 0 Å². The average Bonchev–Trinajstić information content (AvgIpc) is 3.21. The first-order valence-corrected chi connectivity index (χ1v) is 10.9. The number of phenolic OH excluding ortho intramolecular Hbond substituents is 1. The molecule has 4 aliphatic carbocycles. The summed E-state index contributed by atoms with van der Waals surface area (Å²) in [6.45, 7) is 0. The Labute approximate surface area is 179 Å². The van der Waals surface area contributed by atoms with Crippen molar-refractivity contribution in [2.45, 2.75) is 50.9 Å². The maximum atomic E-state index is 13.5. The molecule has 0 heterocycles. The van der Waals surface area contributed by atoms with Crippen LogP contribution in [0.15, 0.2) is 34.8 Å². The highest BCUT2D eigenvalue weighted by Gasteiger charge is 2.50. The normalized spacial score (nSPS) is 28.5. The topological polar surface area (TPSA) is 138 Å². The average molecular weight is 423 g/mol. The fraction of sp³-hybridized carbons (Fsp3) is 0.458. The number of aliphatic hydroxyl groups excluding tert-OH is 2. The standard InChI is InChI=1S/C24H25NO6/c25-24(31)20-16(27)9-12-7-11-8-14-13(10-3-1-2-4-10)5-6-15(26)19(14)22(29)17(11)21(28)18(12)23(20)30/h5-6,10-12,18,26-28H,1-4,7-9H2,(H2,25,31). The Balaban J connectivity index is 1.62. The number of primary amides is 1. The molecule has 5 N–H and O–H groups in total. The van der Waals surface area contributed by atoms with Crippen LogP contribution in [0.3, 0.4) is 0 Å². The van der Waals surface area contributed by atoms with Gasteiger partial charge in [0.05, 0.1) is 11.5 Å². The third-order valence-corrected chi connectivity index (χ3v) is 7.60. The van der Waals surface area contributed by atoms with E-state index in [1.54, 1.807) is 6.07 Å². The summed E-state index contributed by atoms with van der Waals surface area (Å²) < 4.78 is 0. The molecule has 31 heavy (non-hydrogen) atoms. The molecule has 1 aromatic rings. The first-order valence-electron chi connectivity index (χ1n) is 10.9. The summed E-state index contributed by atoms with van der Waals surface area (Å²) in [6.07, 6.45) is 5.36. The molecule has 0 aromatic heterocycles. The van der Waals surface area contributed by atoms with E-state index in [1.165, 1.54) is 0 Å². The van der Waals surface area contributed by atoms with Crippen molar-refractivity contribution in [3.05, 3.63) is 51.5 Å². The molecule has 0 bridgehead atoms. The highest BCUT2D eigenvalue weighted by atomic mass is 16.3. The van der Waals surface area contributed by atoms with Crippen LogP contribution in [0.4, 0.5) is 0 Å². The number of benzene rings is 1. The van der Waals surface area contributed by atoms with E-state index in [0.29, 0.717) is 18.8 Å². The zero-order chi connectivity index (χ0) is 22.0. The van der Waals surface area contributed by atoms with Crippen molar-refractivity contribution in [3.8, 4) is 5.75 Å². The SMILES string of the molecule is NC(=O)C1=C(O)CC2CC3Cc4c(C5CCCC5)ccc(O)c4C(=O)C3=C(O)C2C1=O. The Morgan fingerprint density at radius 2 is 1.71 bits per heavy atom. The molecular formula is C24H25NO6. The Hall–Kier alpha value is -3.09. The van der Waals surface area contributed by atoms with Crippen LogP contribution in [0.2, 0.25) is 0 Å². The molecule has 1 amide bonds. The Morgan fingerprint density at radius 1 is 1.00 bits per heavy atom. The molecule has 0 saturated heterocycles. The van der Waals surface area contributed by atoms with Crippen LogP contribution in [-0.4, -0.2) is 32.8 Å². The van der Waals surface area contributed by atoms with E-state index in [1.807, 2.05) is 6.07 Å². The van der Waals surface area contributed by atoms with Crippen LogP contribution in [0.1, 0.15) is 65.9 Å². The van der Waals surface area contributed by atoms with E-state index in [4.69, 9.17) is 5.73 Å². The van der Waals surface area contributed by atoms with Crippen LogP contribution in [0, 0.1) is 17.8 Å². The Morgan fingerprint density at radius 3 is 2.39 bits per heavy atom. The van der Waals surface area contributed by atoms with Gasteiger partial charge < -0.3 is 21.1 Å². The molecule has 3 unspecified atom stereocenters. The highest BCUT2D eigenvalue weighted by Crippen LogP contribution is 2.51. The molecule has 162 valence electrons. The van der Waals surface area contributed by atoms with Crippen molar-refractivity contribution < 1.29 is 29.7 Å². The Kier molecular flexibility index (Phi) is 4.46. The molecule has 1 saturated carbocycles. The van der Waals surface area contributed by atoms with Gasteiger partial charge in [0.25, 0.3) is 5.91 Å². The van der Waals surface area contributed by atoms with E-state index in [0.717, 1.165) is 36.8 Å². The van der Waals surface area contributed by atoms with Gasteiger partial charge in [0, 0.05) is 12.0 Å². The minimum absolute atomic E-state index is 0.0547.